The second kappa shape index (κ2) is 10.2. The molecule has 5 nitrogen and oxygen atoms in total. The lowest BCUT2D eigenvalue weighted by Crippen LogP contribution is -2.39. The van der Waals surface area contributed by atoms with Crippen molar-refractivity contribution in [2.45, 2.75) is 65.3 Å². The first-order valence-corrected chi connectivity index (χ1v) is 9.97. The van der Waals surface area contributed by atoms with Crippen molar-refractivity contribution >= 4 is 23.2 Å². The van der Waals surface area contributed by atoms with Gasteiger partial charge in [0.15, 0.2) is 0 Å². The summed E-state index contributed by atoms with van der Waals surface area (Å²) in [5, 5.41) is 3.12. The first-order valence-electron chi connectivity index (χ1n) is 9.97. The first kappa shape index (κ1) is 20.3. The van der Waals surface area contributed by atoms with E-state index in [0.717, 1.165) is 37.3 Å². The van der Waals surface area contributed by atoms with Crippen LogP contribution in [0, 0.1) is 0 Å². The van der Waals surface area contributed by atoms with Gasteiger partial charge in [-0.25, -0.2) is 0 Å². The van der Waals surface area contributed by atoms with E-state index in [2.05, 4.69) is 24.1 Å². The van der Waals surface area contributed by atoms with E-state index in [1.807, 2.05) is 24.3 Å². The van der Waals surface area contributed by atoms with E-state index >= 15 is 0 Å². The topological polar surface area (TPSA) is 52.6 Å². The number of amides is 2. The molecule has 144 valence electrons. The number of benzene rings is 1. The maximum Gasteiger partial charge on any atom is 0.223 e. The number of nitrogens with zero attached hydrogens (tertiary/aromatic N) is 2. The highest BCUT2D eigenvalue weighted by Crippen LogP contribution is 2.21. The van der Waals surface area contributed by atoms with Crippen LogP contribution in [-0.4, -0.2) is 37.5 Å². The van der Waals surface area contributed by atoms with Crippen molar-refractivity contribution in [1.82, 2.24) is 5.32 Å². The molecule has 0 heterocycles. The van der Waals surface area contributed by atoms with Gasteiger partial charge in [-0.1, -0.05) is 19.3 Å². The molecule has 0 unspecified atom stereocenters. The Morgan fingerprint density at radius 2 is 1.58 bits per heavy atom. The van der Waals surface area contributed by atoms with E-state index in [0.29, 0.717) is 19.0 Å². The summed E-state index contributed by atoms with van der Waals surface area (Å²) in [5.41, 5.74) is 2.00. The highest BCUT2D eigenvalue weighted by Gasteiger charge is 2.18. The molecule has 1 aromatic rings. The fourth-order valence-corrected chi connectivity index (χ4v) is 3.66. The van der Waals surface area contributed by atoms with Crippen molar-refractivity contribution in [3.63, 3.8) is 0 Å². The van der Waals surface area contributed by atoms with Crippen LogP contribution in [0.3, 0.4) is 0 Å². The highest BCUT2D eigenvalue weighted by atomic mass is 16.2. The van der Waals surface area contributed by atoms with Gasteiger partial charge in [0.2, 0.25) is 11.8 Å². The van der Waals surface area contributed by atoms with Crippen molar-refractivity contribution in [2.24, 2.45) is 0 Å². The van der Waals surface area contributed by atoms with Crippen LogP contribution in [0.5, 0.6) is 0 Å². The lowest BCUT2D eigenvalue weighted by atomic mass is 9.95. The third kappa shape index (κ3) is 5.75. The van der Waals surface area contributed by atoms with Gasteiger partial charge in [0.05, 0.1) is 0 Å². The Hall–Kier alpha value is -2.04. The van der Waals surface area contributed by atoms with Crippen molar-refractivity contribution in [3.05, 3.63) is 24.3 Å². The van der Waals surface area contributed by atoms with Crippen LogP contribution in [0.4, 0.5) is 11.4 Å². The summed E-state index contributed by atoms with van der Waals surface area (Å²) in [5.74, 6) is 0.00830. The van der Waals surface area contributed by atoms with E-state index < -0.39 is 0 Å². The zero-order chi connectivity index (χ0) is 18.9. The SMILES string of the molecule is CCN(CC)c1ccc(N(CCC(=O)NC2CCCCC2)C(C)=O)cc1. The molecule has 1 fully saturated rings. The molecule has 0 aliphatic heterocycles. The third-order valence-corrected chi connectivity index (χ3v) is 5.20. The van der Waals surface area contributed by atoms with Crippen molar-refractivity contribution < 1.29 is 9.59 Å². The summed E-state index contributed by atoms with van der Waals surface area (Å²) in [7, 11) is 0. The fourth-order valence-electron chi connectivity index (χ4n) is 3.66. The van der Waals surface area contributed by atoms with Gasteiger partial charge in [0.25, 0.3) is 0 Å². The van der Waals surface area contributed by atoms with Crippen LogP contribution in [0.15, 0.2) is 24.3 Å². The number of hydrogen-bond acceptors (Lipinski definition) is 3. The summed E-state index contributed by atoms with van der Waals surface area (Å²) in [6.45, 7) is 8.13. The van der Waals surface area contributed by atoms with Gasteiger partial charge in [-0.15, -0.1) is 0 Å². The second-order valence-corrected chi connectivity index (χ2v) is 7.01. The maximum absolute atomic E-state index is 12.2. The summed E-state index contributed by atoms with van der Waals surface area (Å²) in [6, 6.07) is 8.33. The number of rotatable bonds is 8. The molecule has 0 atom stereocenters. The summed E-state index contributed by atoms with van der Waals surface area (Å²) in [4.78, 5) is 28.2. The van der Waals surface area contributed by atoms with Crippen LogP contribution < -0.4 is 15.1 Å². The smallest absolute Gasteiger partial charge is 0.223 e. The average Bonchev–Trinajstić information content (AvgIpc) is 2.64. The first-order chi connectivity index (χ1) is 12.5. The molecule has 0 aromatic heterocycles. The molecule has 1 aromatic carbocycles. The summed E-state index contributed by atoms with van der Waals surface area (Å²) < 4.78 is 0. The Morgan fingerprint density at radius 3 is 2.12 bits per heavy atom. The molecular weight excluding hydrogens is 326 g/mol. The predicted molar refractivity (Wildman–Crippen MR) is 108 cm³/mol. The van der Waals surface area contributed by atoms with Gasteiger partial charge in [-0.2, -0.15) is 0 Å². The van der Waals surface area contributed by atoms with Crippen LogP contribution >= 0.6 is 0 Å². The zero-order valence-corrected chi connectivity index (χ0v) is 16.5. The van der Waals surface area contributed by atoms with Gasteiger partial charge < -0.3 is 15.1 Å². The van der Waals surface area contributed by atoms with E-state index in [9.17, 15) is 9.59 Å². The third-order valence-electron chi connectivity index (χ3n) is 5.20. The van der Waals surface area contributed by atoms with Crippen molar-refractivity contribution in [3.8, 4) is 0 Å². The Balaban J connectivity index is 1.93. The predicted octanol–water partition coefficient (Wildman–Crippen LogP) is 3.72. The largest absolute Gasteiger partial charge is 0.372 e. The quantitative estimate of drug-likeness (QED) is 0.769. The molecule has 1 N–H and O–H groups in total. The van der Waals surface area contributed by atoms with Crippen LogP contribution in [-0.2, 0) is 9.59 Å². The van der Waals surface area contributed by atoms with Gasteiger partial charge in [-0.3, -0.25) is 9.59 Å². The van der Waals surface area contributed by atoms with E-state index in [1.54, 1.807) is 11.8 Å². The molecule has 1 saturated carbocycles. The minimum absolute atomic E-state index is 0.0361. The lowest BCUT2D eigenvalue weighted by molar-refractivity contribution is -0.121. The minimum atomic E-state index is -0.0361. The molecule has 2 rings (SSSR count). The Kier molecular flexibility index (Phi) is 7.95. The lowest BCUT2D eigenvalue weighted by Gasteiger charge is -2.25. The van der Waals surface area contributed by atoms with Crippen molar-refractivity contribution in [2.75, 3.05) is 29.4 Å². The van der Waals surface area contributed by atoms with Crippen LogP contribution in [0.25, 0.3) is 0 Å². The Bertz CT molecular complexity index is 575. The normalized spacial score (nSPS) is 14.7. The second-order valence-electron chi connectivity index (χ2n) is 7.01. The molecular formula is C21H33N3O2. The Morgan fingerprint density at radius 1 is 1.00 bits per heavy atom. The van der Waals surface area contributed by atoms with E-state index in [4.69, 9.17) is 0 Å². The van der Waals surface area contributed by atoms with Crippen LogP contribution in [0.1, 0.15) is 59.3 Å². The molecule has 26 heavy (non-hydrogen) atoms. The number of carbonyl (C=O) groups is 2. The molecule has 1 aliphatic rings. The molecule has 2 amide bonds. The van der Waals surface area contributed by atoms with Crippen LogP contribution in [0.2, 0.25) is 0 Å². The average molecular weight is 360 g/mol. The van der Waals surface area contributed by atoms with E-state index in [1.165, 1.54) is 19.3 Å². The number of nitrogens with one attached hydrogen (secondary N) is 1. The minimum Gasteiger partial charge on any atom is -0.372 e. The maximum atomic E-state index is 12.2. The fraction of sp³-hybridized carbons (Fsp3) is 0.619. The monoisotopic (exact) mass is 359 g/mol. The number of carbonyl (C=O) groups excluding carboxylic acids is 2. The van der Waals surface area contributed by atoms with Gasteiger partial charge in [0, 0.05) is 50.4 Å². The van der Waals surface area contributed by atoms with E-state index in [-0.39, 0.29) is 11.8 Å². The standard InChI is InChI=1S/C21H33N3O2/c1-4-23(5-2)19-11-13-20(14-12-19)24(17(3)25)16-15-21(26)22-18-9-7-6-8-10-18/h11-14,18H,4-10,15-16H2,1-3H3,(H,22,26). The van der Waals surface area contributed by atoms with Gasteiger partial charge in [0.1, 0.15) is 0 Å². The molecule has 0 spiro atoms. The Labute approximate surface area is 157 Å². The molecule has 0 saturated heterocycles. The summed E-state index contributed by atoms with van der Waals surface area (Å²) in [6.07, 6.45) is 6.17. The summed E-state index contributed by atoms with van der Waals surface area (Å²) >= 11 is 0. The van der Waals surface area contributed by atoms with Gasteiger partial charge in [-0.05, 0) is 51.0 Å². The zero-order valence-electron chi connectivity index (χ0n) is 16.5. The molecule has 5 heteroatoms. The highest BCUT2D eigenvalue weighted by molar-refractivity contribution is 5.92. The van der Waals surface area contributed by atoms with Gasteiger partial charge >= 0.3 is 0 Å². The molecule has 1 aliphatic carbocycles. The molecule has 0 bridgehead atoms. The molecule has 0 radical (unpaired) electrons. The number of hydrogen-bond donors (Lipinski definition) is 1. The number of anilines is 2. The van der Waals surface area contributed by atoms with Crippen molar-refractivity contribution in [1.29, 1.82) is 0 Å².